The highest BCUT2D eigenvalue weighted by Gasteiger charge is 2.31. The van der Waals surface area contributed by atoms with Gasteiger partial charge in [-0.05, 0) is 45.1 Å². The molecule has 3 fully saturated rings. The van der Waals surface area contributed by atoms with Crippen molar-refractivity contribution in [2.24, 2.45) is 0 Å². The first-order valence-electron chi connectivity index (χ1n) is 8.92. The minimum absolute atomic E-state index is 0.795. The van der Waals surface area contributed by atoms with Gasteiger partial charge in [-0.15, -0.1) is 0 Å². The molecule has 1 N–H and O–H groups in total. The predicted octanol–water partition coefficient (Wildman–Crippen LogP) is 3.71. The number of hydrogen-bond acceptors (Lipinski definition) is 2. The molecule has 110 valence electrons. The van der Waals surface area contributed by atoms with Crippen LogP contribution in [0.15, 0.2) is 0 Å². The van der Waals surface area contributed by atoms with Gasteiger partial charge < -0.3 is 5.32 Å². The topological polar surface area (TPSA) is 15.3 Å². The highest BCUT2D eigenvalue weighted by Crippen LogP contribution is 2.30. The molecule has 0 spiro atoms. The minimum atomic E-state index is 0.795. The van der Waals surface area contributed by atoms with Gasteiger partial charge in [0.25, 0.3) is 0 Å². The smallest absolute Gasteiger partial charge is 0.0195 e. The maximum Gasteiger partial charge on any atom is 0.0195 e. The van der Waals surface area contributed by atoms with Crippen molar-refractivity contribution < 1.29 is 0 Å². The molecule has 1 unspecified atom stereocenters. The Hall–Kier alpha value is -0.0800. The Labute approximate surface area is 119 Å². The summed E-state index contributed by atoms with van der Waals surface area (Å²) in [5.74, 6) is 0. The van der Waals surface area contributed by atoms with Gasteiger partial charge in [0.05, 0.1) is 0 Å². The second-order valence-electron chi connectivity index (χ2n) is 7.07. The van der Waals surface area contributed by atoms with Crippen molar-refractivity contribution >= 4 is 0 Å². The Balaban J connectivity index is 1.62. The molecule has 2 aliphatic carbocycles. The van der Waals surface area contributed by atoms with Crippen LogP contribution in [0.5, 0.6) is 0 Å². The minimum Gasteiger partial charge on any atom is -0.313 e. The Morgan fingerprint density at radius 2 is 1.26 bits per heavy atom. The first-order chi connectivity index (χ1) is 9.43. The van der Waals surface area contributed by atoms with E-state index in [0.717, 1.165) is 18.1 Å². The molecule has 0 amide bonds. The molecule has 2 heteroatoms. The van der Waals surface area contributed by atoms with Crippen molar-refractivity contribution in [3.63, 3.8) is 0 Å². The lowest BCUT2D eigenvalue weighted by Crippen LogP contribution is -2.50. The summed E-state index contributed by atoms with van der Waals surface area (Å²) in [5, 5.41) is 3.72. The highest BCUT2D eigenvalue weighted by molar-refractivity contribution is 4.88. The lowest BCUT2D eigenvalue weighted by atomic mass is 9.88. The van der Waals surface area contributed by atoms with Crippen molar-refractivity contribution in [2.75, 3.05) is 13.1 Å². The predicted molar refractivity (Wildman–Crippen MR) is 81.5 cm³/mol. The molecular formula is C17H32N2. The van der Waals surface area contributed by atoms with Crippen molar-refractivity contribution in [3.8, 4) is 0 Å². The molecule has 0 aromatic heterocycles. The Morgan fingerprint density at radius 1 is 0.684 bits per heavy atom. The molecule has 0 radical (unpaired) electrons. The summed E-state index contributed by atoms with van der Waals surface area (Å²) in [4.78, 5) is 2.96. The van der Waals surface area contributed by atoms with Crippen LogP contribution < -0.4 is 5.32 Å². The Kier molecular flexibility index (Phi) is 5.17. The maximum atomic E-state index is 3.72. The summed E-state index contributed by atoms with van der Waals surface area (Å²) in [6.07, 6.45) is 17.6. The van der Waals surface area contributed by atoms with Gasteiger partial charge in [-0.2, -0.15) is 0 Å². The van der Waals surface area contributed by atoms with Gasteiger partial charge in [0.15, 0.2) is 0 Å². The molecule has 1 atom stereocenters. The summed E-state index contributed by atoms with van der Waals surface area (Å²) < 4.78 is 0. The monoisotopic (exact) mass is 264 g/mol. The van der Waals surface area contributed by atoms with Crippen LogP contribution in [0.3, 0.4) is 0 Å². The van der Waals surface area contributed by atoms with Crippen LogP contribution >= 0.6 is 0 Å². The molecule has 0 aromatic carbocycles. The zero-order valence-corrected chi connectivity index (χ0v) is 12.6. The molecule has 0 bridgehead atoms. The number of rotatable bonds is 4. The van der Waals surface area contributed by atoms with Gasteiger partial charge in [0.2, 0.25) is 0 Å². The van der Waals surface area contributed by atoms with E-state index in [1.54, 1.807) is 0 Å². The fourth-order valence-electron chi connectivity index (χ4n) is 4.59. The molecule has 1 heterocycles. The maximum absolute atomic E-state index is 3.72. The molecule has 19 heavy (non-hydrogen) atoms. The zero-order valence-electron chi connectivity index (χ0n) is 12.6. The van der Waals surface area contributed by atoms with Crippen LogP contribution in [0.25, 0.3) is 0 Å². The first-order valence-corrected chi connectivity index (χ1v) is 8.92. The highest BCUT2D eigenvalue weighted by atomic mass is 15.2. The molecule has 0 aromatic rings. The number of hydrogen-bond donors (Lipinski definition) is 1. The van der Waals surface area contributed by atoms with Crippen molar-refractivity contribution in [1.82, 2.24) is 10.2 Å². The zero-order chi connectivity index (χ0) is 12.9. The lowest BCUT2D eigenvalue weighted by Gasteiger charge is -2.43. The van der Waals surface area contributed by atoms with Gasteiger partial charge >= 0.3 is 0 Å². The quantitative estimate of drug-likeness (QED) is 0.833. The van der Waals surface area contributed by atoms with Gasteiger partial charge in [-0.3, -0.25) is 4.90 Å². The van der Waals surface area contributed by atoms with Crippen LogP contribution in [0.4, 0.5) is 0 Å². The van der Waals surface area contributed by atoms with Gasteiger partial charge in [-0.1, -0.05) is 38.5 Å². The van der Waals surface area contributed by atoms with E-state index in [2.05, 4.69) is 10.2 Å². The van der Waals surface area contributed by atoms with Crippen LogP contribution in [-0.2, 0) is 0 Å². The molecular weight excluding hydrogens is 232 g/mol. The third-order valence-corrected chi connectivity index (χ3v) is 5.68. The van der Waals surface area contributed by atoms with E-state index in [1.165, 1.54) is 90.1 Å². The molecule has 2 nitrogen and oxygen atoms in total. The van der Waals surface area contributed by atoms with Crippen LogP contribution in [0.2, 0.25) is 0 Å². The first kappa shape index (κ1) is 13.9. The van der Waals surface area contributed by atoms with E-state index in [9.17, 15) is 0 Å². The Bertz CT molecular complexity index is 230. The summed E-state index contributed by atoms with van der Waals surface area (Å²) in [5.41, 5.74) is 0. The van der Waals surface area contributed by atoms with E-state index in [4.69, 9.17) is 0 Å². The van der Waals surface area contributed by atoms with Gasteiger partial charge in [0.1, 0.15) is 0 Å². The second-order valence-corrected chi connectivity index (χ2v) is 7.07. The number of nitrogens with zero attached hydrogens (tertiary/aromatic N) is 1. The van der Waals surface area contributed by atoms with Gasteiger partial charge in [0, 0.05) is 24.7 Å². The normalized spacial score (nSPS) is 31.1. The third-order valence-electron chi connectivity index (χ3n) is 5.68. The lowest BCUT2D eigenvalue weighted by molar-refractivity contribution is 0.0724. The van der Waals surface area contributed by atoms with Crippen LogP contribution in [-0.4, -0.2) is 36.1 Å². The molecule has 2 saturated carbocycles. The van der Waals surface area contributed by atoms with Crippen LogP contribution in [0, 0.1) is 0 Å². The molecule has 3 rings (SSSR count). The fourth-order valence-corrected chi connectivity index (χ4v) is 4.59. The molecule has 1 saturated heterocycles. The molecule has 3 aliphatic rings. The summed E-state index contributed by atoms with van der Waals surface area (Å²) in [6.45, 7) is 2.60. The van der Waals surface area contributed by atoms with Crippen molar-refractivity contribution in [2.45, 2.75) is 95.2 Å². The van der Waals surface area contributed by atoms with Gasteiger partial charge in [-0.25, -0.2) is 0 Å². The number of nitrogens with one attached hydrogen (secondary N) is 1. The standard InChI is InChI=1S/C17H32N2/c1-3-9-16(10-4-1)19(14-15-8-7-13-18-15)17-11-5-2-6-12-17/h15-18H,1-14H2. The molecule has 1 aliphatic heterocycles. The van der Waals surface area contributed by atoms with E-state index in [0.29, 0.717) is 0 Å². The van der Waals surface area contributed by atoms with Crippen molar-refractivity contribution in [1.29, 1.82) is 0 Å². The largest absolute Gasteiger partial charge is 0.313 e. The third kappa shape index (κ3) is 3.72. The Morgan fingerprint density at radius 3 is 1.74 bits per heavy atom. The second kappa shape index (κ2) is 7.08. The summed E-state index contributed by atoms with van der Waals surface area (Å²) >= 11 is 0. The van der Waals surface area contributed by atoms with E-state index >= 15 is 0 Å². The summed E-state index contributed by atoms with van der Waals surface area (Å²) in [6, 6.07) is 2.63. The van der Waals surface area contributed by atoms with E-state index in [1.807, 2.05) is 0 Å². The fraction of sp³-hybridized carbons (Fsp3) is 1.00. The van der Waals surface area contributed by atoms with Crippen LogP contribution in [0.1, 0.15) is 77.0 Å². The van der Waals surface area contributed by atoms with E-state index in [-0.39, 0.29) is 0 Å². The van der Waals surface area contributed by atoms with E-state index < -0.39 is 0 Å². The summed E-state index contributed by atoms with van der Waals surface area (Å²) in [7, 11) is 0. The average Bonchev–Trinajstić information content (AvgIpc) is 3.00. The SMILES string of the molecule is C1CCC(N(CC2CCCN2)C2CCCCC2)CC1. The van der Waals surface area contributed by atoms with Crippen molar-refractivity contribution in [3.05, 3.63) is 0 Å². The average molecular weight is 264 g/mol.